The molecular weight excluding hydrogens is 432 g/mol. The molecule has 10 nitrogen and oxygen atoms in total. The van der Waals surface area contributed by atoms with Gasteiger partial charge in [0.1, 0.15) is 34.8 Å². The summed E-state index contributed by atoms with van der Waals surface area (Å²) in [5, 5.41) is 20.3. The second-order valence-corrected chi connectivity index (χ2v) is 7.87. The van der Waals surface area contributed by atoms with Gasteiger partial charge in [-0.3, -0.25) is 9.59 Å². The fraction of sp³-hybridized carbons (Fsp3) is 0.143. The predicted octanol–water partition coefficient (Wildman–Crippen LogP) is 2.88. The first-order valence-electron chi connectivity index (χ1n) is 9.37. The van der Waals surface area contributed by atoms with Gasteiger partial charge in [0.25, 0.3) is 11.5 Å². The Labute approximate surface area is 185 Å². The number of carbonyl (C=O) groups is 1. The van der Waals surface area contributed by atoms with E-state index in [-0.39, 0.29) is 23.6 Å². The van der Waals surface area contributed by atoms with Gasteiger partial charge in [-0.25, -0.2) is 4.98 Å². The van der Waals surface area contributed by atoms with E-state index in [2.05, 4.69) is 20.6 Å². The van der Waals surface area contributed by atoms with Crippen LogP contribution >= 0.6 is 11.3 Å². The normalized spacial score (nSPS) is 11.3. The Bertz CT molecular complexity index is 1430. The third kappa shape index (κ3) is 4.71. The van der Waals surface area contributed by atoms with Gasteiger partial charge in [0.15, 0.2) is 5.82 Å². The van der Waals surface area contributed by atoms with Gasteiger partial charge in [0.05, 0.1) is 5.69 Å². The number of amides is 1. The summed E-state index contributed by atoms with van der Waals surface area (Å²) in [5.41, 5.74) is 0.783. The molecule has 0 aliphatic carbocycles. The molecule has 4 rings (SSSR count). The largest absolute Gasteiger partial charge is 0.487 e. The summed E-state index contributed by atoms with van der Waals surface area (Å²) in [5.74, 6) is 0.732. The third-order valence-electron chi connectivity index (χ3n) is 4.21. The monoisotopic (exact) mass is 448 g/mol. The van der Waals surface area contributed by atoms with Gasteiger partial charge < -0.3 is 14.6 Å². The SMILES string of the molecule is Cc1cc(NC(=O)C(C#N)=Cc2ccc(OCc3cc(=O)n4nc(C)sc4n3)cc2)no1. The molecular formula is C21H16N6O4S. The second kappa shape index (κ2) is 8.83. The van der Waals surface area contributed by atoms with Crippen molar-refractivity contribution < 1.29 is 14.1 Å². The van der Waals surface area contributed by atoms with Gasteiger partial charge in [-0.1, -0.05) is 28.6 Å². The van der Waals surface area contributed by atoms with E-state index in [0.717, 1.165) is 5.01 Å². The van der Waals surface area contributed by atoms with Gasteiger partial charge in [-0.05, 0) is 37.6 Å². The van der Waals surface area contributed by atoms with Crippen molar-refractivity contribution in [1.82, 2.24) is 19.8 Å². The van der Waals surface area contributed by atoms with Gasteiger partial charge in [0, 0.05) is 12.1 Å². The van der Waals surface area contributed by atoms with Crippen LogP contribution in [0.15, 0.2) is 51.3 Å². The average Bonchev–Trinajstić information content (AvgIpc) is 3.35. The number of hydrogen-bond donors (Lipinski definition) is 1. The number of ether oxygens (including phenoxy) is 1. The lowest BCUT2D eigenvalue weighted by atomic mass is 10.1. The van der Waals surface area contributed by atoms with Crippen LogP contribution in [0.1, 0.15) is 22.0 Å². The lowest BCUT2D eigenvalue weighted by Crippen LogP contribution is -2.16. The van der Waals surface area contributed by atoms with Gasteiger partial charge in [0.2, 0.25) is 4.96 Å². The molecule has 1 aromatic carbocycles. The van der Waals surface area contributed by atoms with Crippen molar-refractivity contribution in [1.29, 1.82) is 5.26 Å². The number of carbonyl (C=O) groups excluding carboxylic acids is 1. The van der Waals surface area contributed by atoms with Gasteiger partial charge in [-0.2, -0.15) is 14.9 Å². The molecule has 0 spiro atoms. The summed E-state index contributed by atoms with van der Waals surface area (Å²) in [6, 6.07) is 11.6. The Hall–Kier alpha value is -4.30. The van der Waals surface area contributed by atoms with E-state index in [4.69, 9.17) is 9.26 Å². The van der Waals surface area contributed by atoms with Gasteiger partial charge >= 0.3 is 0 Å². The maximum absolute atomic E-state index is 12.3. The van der Waals surface area contributed by atoms with E-state index >= 15 is 0 Å². The van der Waals surface area contributed by atoms with Crippen molar-refractivity contribution in [2.45, 2.75) is 20.5 Å². The highest BCUT2D eigenvalue weighted by Crippen LogP contribution is 2.17. The summed E-state index contributed by atoms with van der Waals surface area (Å²) in [6.45, 7) is 3.61. The first-order chi connectivity index (χ1) is 15.4. The molecule has 1 amide bonds. The zero-order chi connectivity index (χ0) is 22.7. The van der Waals surface area contributed by atoms with Crippen molar-refractivity contribution in [2.24, 2.45) is 0 Å². The van der Waals surface area contributed by atoms with Crippen molar-refractivity contribution >= 4 is 34.1 Å². The lowest BCUT2D eigenvalue weighted by Gasteiger charge is -2.06. The van der Waals surface area contributed by atoms with Crippen molar-refractivity contribution in [3.63, 3.8) is 0 Å². The molecule has 11 heteroatoms. The van der Waals surface area contributed by atoms with Crippen LogP contribution in [0.3, 0.4) is 0 Å². The Kier molecular flexibility index (Phi) is 5.78. The number of nitrogens with zero attached hydrogens (tertiary/aromatic N) is 5. The Morgan fingerprint density at radius 3 is 2.78 bits per heavy atom. The number of anilines is 1. The van der Waals surface area contributed by atoms with Crippen molar-refractivity contribution in [2.75, 3.05) is 5.32 Å². The number of hydrogen-bond acceptors (Lipinski definition) is 9. The maximum Gasteiger partial charge on any atom is 0.275 e. The van der Waals surface area contributed by atoms with Crippen LogP contribution in [0.25, 0.3) is 11.0 Å². The fourth-order valence-electron chi connectivity index (χ4n) is 2.77. The minimum Gasteiger partial charge on any atom is -0.487 e. The summed E-state index contributed by atoms with van der Waals surface area (Å²) in [6.07, 6.45) is 1.45. The molecule has 0 unspecified atom stereocenters. The molecule has 32 heavy (non-hydrogen) atoms. The third-order valence-corrected chi connectivity index (χ3v) is 5.04. The highest BCUT2D eigenvalue weighted by atomic mass is 32.1. The minimum absolute atomic E-state index is 0.0860. The van der Waals surface area contributed by atoms with E-state index < -0.39 is 5.91 Å². The number of benzene rings is 1. The van der Waals surface area contributed by atoms with Crippen LogP contribution in [0, 0.1) is 25.2 Å². The molecule has 3 aromatic heterocycles. The number of nitrogens with one attached hydrogen (secondary N) is 1. The van der Waals surface area contributed by atoms with Gasteiger partial charge in [-0.15, -0.1) is 0 Å². The van der Waals surface area contributed by atoms with Crippen LogP contribution in [0.2, 0.25) is 0 Å². The molecule has 0 aliphatic heterocycles. The topological polar surface area (TPSA) is 135 Å². The maximum atomic E-state index is 12.3. The number of aromatic nitrogens is 4. The van der Waals surface area contributed by atoms with Crippen LogP contribution in [0.5, 0.6) is 5.75 Å². The average molecular weight is 448 g/mol. The Morgan fingerprint density at radius 2 is 2.09 bits per heavy atom. The number of aryl methyl sites for hydroxylation is 2. The molecule has 0 saturated heterocycles. The molecule has 0 fully saturated rings. The molecule has 160 valence electrons. The zero-order valence-corrected chi connectivity index (χ0v) is 17.8. The van der Waals surface area contributed by atoms with Crippen molar-refractivity contribution in [3.05, 3.63) is 74.4 Å². The molecule has 4 aromatic rings. The Morgan fingerprint density at radius 1 is 1.31 bits per heavy atom. The smallest absolute Gasteiger partial charge is 0.275 e. The van der Waals surface area contributed by atoms with Crippen LogP contribution < -0.4 is 15.6 Å². The van der Waals surface area contributed by atoms with Crippen LogP contribution in [0.4, 0.5) is 5.82 Å². The summed E-state index contributed by atoms with van der Waals surface area (Å²) in [7, 11) is 0. The van der Waals surface area contributed by atoms with E-state index in [0.29, 0.717) is 27.7 Å². The fourth-order valence-corrected chi connectivity index (χ4v) is 3.53. The zero-order valence-electron chi connectivity index (χ0n) is 17.0. The molecule has 0 saturated carbocycles. The summed E-state index contributed by atoms with van der Waals surface area (Å²) in [4.78, 5) is 29.3. The Balaban J connectivity index is 1.42. The first kappa shape index (κ1) is 21.0. The molecule has 3 heterocycles. The number of rotatable bonds is 6. The second-order valence-electron chi connectivity index (χ2n) is 6.71. The molecule has 0 bridgehead atoms. The predicted molar refractivity (Wildman–Crippen MR) is 116 cm³/mol. The highest BCUT2D eigenvalue weighted by molar-refractivity contribution is 7.16. The van der Waals surface area contributed by atoms with Crippen LogP contribution in [-0.2, 0) is 11.4 Å². The number of fused-ring (bicyclic) bond motifs is 1. The molecule has 1 N–H and O–H groups in total. The quantitative estimate of drug-likeness (QED) is 0.351. The lowest BCUT2D eigenvalue weighted by molar-refractivity contribution is -0.112. The summed E-state index contributed by atoms with van der Waals surface area (Å²) >= 11 is 1.33. The van der Waals surface area contributed by atoms with Crippen LogP contribution in [-0.4, -0.2) is 25.7 Å². The minimum atomic E-state index is -0.591. The number of nitriles is 1. The first-order valence-corrected chi connectivity index (χ1v) is 10.2. The molecule has 0 radical (unpaired) electrons. The van der Waals surface area contributed by atoms with E-state index in [1.807, 2.05) is 13.0 Å². The molecule has 0 atom stereocenters. The standard InChI is InChI=1S/C21H16N6O4S/c1-12-7-18(26-31-12)24-20(29)15(10-22)8-14-3-5-17(6-4-14)30-11-16-9-19(28)27-21(23-16)32-13(2)25-27/h3-9H,11H2,1-2H3,(H,24,26,29). The van der Waals surface area contributed by atoms with Crippen molar-refractivity contribution in [3.8, 4) is 11.8 Å². The molecule has 0 aliphatic rings. The van der Waals surface area contributed by atoms with E-state index in [1.165, 1.54) is 28.0 Å². The van der Waals surface area contributed by atoms with E-state index in [9.17, 15) is 14.9 Å². The van der Waals surface area contributed by atoms with E-state index in [1.54, 1.807) is 37.3 Å². The highest BCUT2D eigenvalue weighted by Gasteiger charge is 2.12. The summed E-state index contributed by atoms with van der Waals surface area (Å²) < 4.78 is 11.9.